The van der Waals surface area contributed by atoms with Gasteiger partial charge in [0, 0.05) is 11.3 Å². The van der Waals surface area contributed by atoms with E-state index in [1.165, 1.54) is 0 Å². The fourth-order valence-electron chi connectivity index (χ4n) is 3.13. The van der Waals surface area contributed by atoms with E-state index >= 15 is 0 Å². The van der Waals surface area contributed by atoms with Crippen molar-refractivity contribution in [1.29, 1.82) is 0 Å². The van der Waals surface area contributed by atoms with Crippen LogP contribution < -0.4 is 10.6 Å². The third kappa shape index (κ3) is 4.01. The zero-order valence-corrected chi connectivity index (χ0v) is 17.2. The Morgan fingerprint density at radius 1 is 1.07 bits per heavy atom. The maximum atomic E-state index is 12.4. The van der Waals surface area contributed by atoms with Crippen molar-refractivity contribution in [2.45, 2.75) is 13.8 Å². The number of nitrogens with zero attached hydrogens (tertiary/aromatic N) is 1. The third-order valence-electron chi connectivity index (χ3n) is 4.59. The predicted octanol–water partition coefficient (Wildman–Crippen LogP) is 4.94. The molecule has 0 aliphatic rings. The minimum atomic E-state index is -0.300. The Bertz CT molecular complexity index is 1250. The molecule has 4 aromatic rings. The summed E-state index contributed by atoms with van der Waals surface area (Å²) in [7, 11) is 0. The average Bonchev–Trinajstić information content (AvgIpc) is 3.14. The zero-order chi connectivity index (χ0) is 21.3. The number of aromatic hydroxyl groups is 1. The third-order valence-corrected chi connectivity index (χ3v) is 4.79. The van der Waals surface area contributed by atoms with E-state index in [9.17, 15) is 9.90 Å². The van der Waals surface area contributed by atoms with Crippen LogP contribution in [-0.4, -0.2) is 21.1 Å². The van der Waals surface area contributed by atoms with E-state index < -0.39 is 0 Å². The lowest BCUT2D eigenvalue weighted by molar-refractivity contribution is 0.0977. The lowest BCUT2D eigenvalue weighted by atomic mass is 10.1. The van der Waals surface area contributed by atoms with E-state index in [-0.39, 0.29) is 16.8 Å². The molecule has 1 aromatic heterocycles. The highest BCUT2D eigenvalue weighted by molar-refractivity contribution is 7.80. The average molecular weight is 417 g/mol. The van der Waals surface area contributed by atoms with Crippen LogP contribution in [0.4, 0.5) is 5.69 Å². The summed E-state index contributed by atoms with van der Waals surface area (Å²) >= 11 is 5.29. The van der Waals surface area contributed by atoms with Crippen LogP contribution in [0.25, 0.3) is 22.6 Å². The number of oxazole rings is 1. The van der Waals surface area contributed by atoms with Gasteiger partial charge in [-0.05, 0) is 68.0 Å². The summed E-state index contributed by atoms with van der Waals surface area (Å²) in [5, 5.41) is 16.3. The van der Waals surface area contributed by atoms with E-state index in [0.717, 1.165) is 5.56 Å². The molecular weight excluding hydrogens is 398 g/mol. The molecule has 6 nitrogen and oxygen atoms in total. The van der Waals surface area contributed by atoms with Crippen LogP contribution >= 0.6 is 12.2 Å². The fraction of sp³-hybridized carbons (Fsp3) is 0.0870. The molecule has 4 rings (SSSR count). The fourth-order valence-corrected chi connectivity index (χ4v) is 3.34. The largest absolute Gasteiger partial charge is 0.507 e. The standard InChI is InChI=1S/C23H19N3O3S/c1-13-6-5-7-15(10-13)21(28)26-23(30)24-16-11-14(2)20(27)17(12-16)22-25-18-8-3-4-9-19(18)29-22/h3-12,27H,1-2H3,(H2,24,26,28,30). The van der Waals surface area contributed by atoms with E-state index in [1.807, 2.05) is 43.3 Å². The molecule has 0 saturated heterocycles. The van der Waals surface area contributed by atoms with Crippen LogP contribution in [0.15, 0.2) is 65.1 Å². The summed E-state index contributed by atoms with van der Waals surface area (Å²) < 4.78 is 5.78. The van der Waals surface area contributed by atoms with Crippen molar-refractivity contribution in [3.05, 3.63) is 77.4 Å². The molecule has 30 heavy (non-hydrogen) atoms. The number of carbonyl (C=O) groups is 1. The molecular formula is C23H19N3O3S. The van der Waals surface area contributed by atoms with Gasteiger partial charge in [0.05, 0.1) is 5.56 Å². The number of carbonyl (C=O) groups excluding carboxylic acids is 1. The molecule has 0 atom stereocenters. The number of rotatable bonds is 3. The van der Waals surface area contributed by atoms with Gasteiger partial charge in [0.1, 0.15) is 11.3 Å². The second-order valence-corrected chi connectivity index (χ2v) is 7.36. The number of phenols is 1. The Kier molecular flexibility index (Phi) is 5.20. The quantitative estimate of drug-likeness (QED) is 0.323. The highest BCUT2D eigenvalue weighted by Gasteiger charge is 2.16. The number of fused-ring (bicyclic) bond motifs is 1. The monoisotopic (exact) mass is 417 g/mol. The minimum Gasteiger partial charge on any atom is -0.507 e. The SMILES string of the molecule is Cc1cccc(C(=O)NC(=S)Nc2cc(C)c(O)c(-c3nc4ccccc4o3)c2)c1. The summed E-state index contributed by atoms with van der Waals surface area (Å²) in [6.07, 6.45) is 0. The maximum absolute atomic E-state index is 12.4. The molecule has 0 aliphatic carbocycles. The van der Waals surface area contributed by atoms with E-state index in [1.54, 1.807) is 31.2 Å². The molecule has 1 heterocycles. The number of anilines is 1. The maximum Gasteiger partial charge on any atom is 0.257 e. The van der Waals surface area contributed by atoms with Crippen LogP contribution in [0.5, 0.6) is 5.75 Å². The highest BCUT2D eigenvalue weighted by Crippen LogP contribution is 2.36. The second-order valence-electron chi connectivity index (χ2n) is 6.95. The summed E-state index contributed by atoms with van der Waals surface area (Å²) in [5.74, 6) is 0.0721. The number of amides is 1. The van der Waals surface area contributed by atoms with Crippen LogP contribution in [0, 0.1) is 13.8 Å². The van der Waals surface area contributed by atoms with Crippen molar-refractivity contribution in [2.75, 3.05) is 5.32 Å². The molecule has 0 fully saturated rings. The van der Waals surface area contributed by atoms with Gasteiger partial charge in [-0.25, -0.2) is 4.98 Å². The van der Waals surface area contributed by atoms with Crippen molar-refractivity contribution in [1.82, 2.24) is 10.3 Å². The minimum absolute atomic E-state index is 0.0711. The molecule has 7 heteroatoms. The number of benzene rings is 3. The number of aromatic nitrogens is 1. The van der Waals surface area contributed by atoms with Gasteiger partial charge in [-0.3, -0.25) is 10.1 Å². The van der Waals surface area contributed by atoms with E-state index in [2.05, 4.69) is 15.6 Å². The van der Waals surface area contributed by atoms with Gasteiger partial charge >= 0.3 is 0 Å². The van der Waals surface area contributed by atoms with Crippen molar-refractivity contribution in [3.63, 3.8) is 0 Å². The molecule has 0 radical (unpaired) electrons. The van der Waals surface area contributed by atoms with Crippen LogP contribution in [-0.2, 0) is 0 Å². The van der Waals surface area contributed by atoms with Gasteiger partial charge < -0.3 is 14.8 Å². The van der Waals surface area contributed by atoms with Gasteiger partial charge in [-0.1, -0.05) is 29.8 Å². The van der Waals surface area contributed by atoms with Gasteiger partial charge in [0.2, 0.25) is 5.89 Å². The smallest absolute Gasteiger partial charge is 0.257 e. The molecule has 1 amide bonds. The van der Waals surface area contributed by atoms with Crippen LogP contribution in [0.3, 0.4) is 0 Å². The van der Waals surface area contributed by atoms with E-state index in [0.29, 0.717) is 39.4 Å². The number of phenolic OH excluding ortho intramolecular Hbond substituents is 1. The van der Waals surface area contributed by atoms with Gasteiger partial charge in [-0.2, -0.15) is 0 Å². The van der Waals surface area contributed by atoms with Crippen molar-refractivity contribution in [3.8, 4) is 17.2 Å². The molecule has 0 saturated carbocycles. The first-order valence-corrected chi connectivity index (χ1v) is 9.70. The number of aryl methyl sites for hydroxylation is 2. The number of hydrogen-bond acceptors (Lipinski definition) is 5. The first-order chi connectivity index (χ1) is 14.4. The number of hydrogen-bond donors (Lipinski definition) is 3. The molecule has 150 valence electrons. The predicted molar refractivity (Wildman–Crippen MR) is 121 cm³/mol. The van der Waals surface area contributed by atoms with Gasteiger partial charge in [0.15, 0.2) is 10.7 Å². The Morgan fingerprint density at radius 3 is 2.63 bits per heavy atom. The molecule has 0 unspecified atom stereocenters. The lowest BCUT2D eigenvalue weighted by Crippen LogP contribution is -2.34. The Morgan fingerprint density at radius 2 is 1.87 bits per heavy atom. The van der Waals surface area contributed by atoms with Crippen molar-refractivity contribution < 1.29 is 14.3 Å². The van der Waals surface area contributed by atoms with E-state index in [4.69, 9.17) is 16.6 Å². The number of para-hydroxylation sites is 2. The number of thiocarbonyl (C=S) groups is 1. The summed E-state index contributed by atoms with van der Waals surface area (Å²) in [4.78, 5) is 16.8. The topological polar surface area (TPSA) is 87.4 Å². The Labute approximate surface area is 178 Å². The van der Waals surface area contributed by atoms with Crippen molar-refractivity contribution >= 4 is 40.0 Å². The normalized spacial score (nSPS) is 10.7. The van der Waals surface area contributed by atoms with Crippen LogP contribution in [0.2, 0.25) is 0 Å². The Balaban J connectivity index is 1.57. The molecule has 0 spiro atoms. The van der Waals surface area contributed by atoms with Gasteiger partial charge in [0.25, 0.3) is 5.91 Å². The number of nitrogens with one attached hydrogen (secondary N) is 2. The second kappa shape index (κ2) is 7.96. The Hall–Kier alpha value is -3.71. The molecule has 3 N–H and O–H groups in total. The summed E-state index contributed by atoms with van der Waals surface area (Å²) in [6, 6.07) is 18.0. The van der Waals surface area contributed by atoms with Crippen molar-refractivity contribution in [2.24, 2.45) is 0 Å². The zero-order valence-electron chi connectivity index (χ0n) is 16.4. The van der Waals surface area contributed by atoms with Gasteiger partial charge in [-0.15, -0.1) is 0 Å². The first kappa shape index (κ1) is 19.6. The first-order valence-electron chi connectivity index (χ1n) is 9.29. The van der Waals surface area contributed by atoms with Crippen LogP contribution in [0.1, 0.15) is 21.5 Å². The summed E-state index contributed by atoms with van der Waals surface area (Å²) in [6.45, 7) is 3.68. The molecule has 3 aromatic carbocycles. The molecule has 0 aliphatic heterocycles. The summed E-state index contributed by atoms with van der Waals surface area (Å²) in [5.41, 5.74) is 4.48. The molecule has 0 bridgehead atoms. The lowest BCUT2D eigenvalue weighted by Gasteiger charge is -2.13. The highest BCUT2D eigenvalue weighted by atomic mass is 32.1.